The minimum Gasteiger partial charge on any atom is -0.320 e. The van der Waals surface area contributed by atoms with Crippen LogP contribution in [-0.4, -0.2) is 34.0 Å². The van der Waals surface area contributed by atoms with Gasteiger partial charge in [-0.15, -0.1) is 11.3 Å². The molecule has 0 aliphatic rings. The molecule has 0 atom stereocenters. The number of sulfonamides is 1. The van der Waals surface area contributed by atoms with E-state index in [1.54, 1.807) is 12.3 Å². The lowest BCUT2D eigenvalue weighted by Crippen LogP contribution is -2.19. The highest BCUT2D eigenvalue weighted by atomic mass is 32.2. The summed E-state index contributed by atoms with van der Waals surface area (Å²) in [6.07, 6.45) is 2.49. The van der Waals surface area contributed by atoms with Crippen molar-refractivity contribution < 1.29 is 18.1 Å². The van der Waals surface area contributed by atoms with Crippen molar-refractivity contribution in [3.8, 4) is 0 Å². The maximum absolute atomic E-state index is 12.5. The molecule has 2 N–H and O–H groups in total. The summed E-state index contributed by atoms with van der Waals surface area (Å²) in [5.74, 6) is -0.720. The van der Waals surface area contributed by atoms with E-state index in [2.05, 4.69) is 20.1 Å². The Balaban J connectivity index is 1.79. The molecule has 146 valence electrons. The monoisotopic (exact) mass is 422 g/mol. The number of rotatable bonds is 7. The van der Waals surface area contributed by atoms with Gasteiger partial charge in [0.25, 0.3) is 15.9 Å². The number of amides is 1. The first-order chi connectivity index (χ1) is 13.3. The molecule has 11 nitrogen and oxygen atoms in total. The lowest BCUT2D eigenvalue weighted by molar-refractivity contribution is -0.385. The van der Waals surface area contributed by atoms with Crippen molar-refractivity contribution in [3.05, 3.63) is 57.8 Å². The van der Waals surface area contributed by atoms with Crippen molar-refractivity contribution >= 4 is 43.8 Å². The largest absolute Gasteiger partial charge is 0.320 e. The molecule has 2 aromatic heterocycles. The number of nitrogens with one attached hydrogen (secondary N) is 2. The number of carbonyl (C=O) groups excluding carboxylic acids is 1. The number of aromatic nitrogens is 3. The second-order valence-electron chi connectivity index (χ2n) is 5.37. The van der Waals surface area contributed by atoms with Crippen LogP contribution in [0, 0.1) is 10.1 Å². The third-order valence-corrected chi connectivity index (χ3v) is 5.78. The van der Waals surface area contributed by atoms with E-state index in [1.165, 1.54) is 35.1 Å². The van der Waals surface area contributed by atoms with Gasteiger partial charge in [0.1, 0.15) is 6.20 Å². The van der Waals surface area contributed by atoms with Gasteiger partial charge >= 0.3 is 5.69 Å². The van der Waals surface area contributed by atoms with E-state index >= 15 is 0 Å². The molecule has 2 heterocycles. The lowest BCUT2D eigenvalue weighted by atomic mass is 10.3. The van der Waals surface area contributed by atoms with Gasteiger partial charge in [0, 0.05) is 23.8 Å². The van der Waals surface area contributed by atoms with Gasteiger partial charge < -0.3 is 5.32 Å². The molecule has 1 aromatic carbocycles. The Morgan fingerprint density at radius 2 is 2.04 bits per heavy atom. The average molecular weight is 422 g/mol. The van der Waals surface area contributed by atoms with E-state index in [1.807, 2.05) is 0 Å². The smallest absolute Gasteiger partial charge is 0.320 e. The quantitative estimate of drug-likeness (QED) is 0.438. The summed E-state index contributed by atoms with van der Waals surface area (Å²) >= 11 is 1.14. The fourth-order valence-electron chi connectivity index (χ4n) is 2.34. The van der Waals surface area contributed by atoms with Gasteiger partial charge in [-0.25, -0.2) is 13.4 Å². The number of benzene rings is 1. The fourth-order valence-corrected chi connectivity index (χ4v) is 4.13. The Bertz CT molecular complexity index is 1110. The Labute approximate surface area is 163 Å². The Morgan fingerprint density at radius 3 is 2.61 bits per heavy atom. The lowest BCUT2D eigenvalue weighted by Gasteiger charge is -2.08. The van der Waals surface area contributed by atoms with Gasteiger partial charge in [0.15, 0.2) is 5.13 Å². The second-order valence-corrected chi connectivity index (χ2v) is 7.95. The number of thiazole rings is 1. The maximum atomic E-state index is 12.5. The number of aryl methyl sites for hydroxylation is 1. The van der Waals surface area contributed by atoms with Gasteiger partial charge in [-0.05, 0) is 31.2 Å². The zero-order valence-electron chi connectivity index (χ0n) is 14.4. The van der Waals surface area contributed by atoms with Crippen LogP contribution in [0.5, 0.6) is 0 Å². The summed E-state index contributed by atoms with van der Waals surface area (Å²) in [6, 6.07) is 5.37. The van der Waals surface area contributed by atoms with E-state index in [9.17, 15) is 23.3 Å². The van der Waals surface area contributed by atoms with Crippen molar-refractivity contribution in [3.63, 3.8) is 0 Å². The highest BCUT2D eigenvalue weighted by Crippen LogP contribution is 2.22. The predicted molar refractivity (Wildman–Crippen MR) is 102 cm³/mol. The summed E-state index contributed by atoms with van der Waals surface area (Å²) in [4.78, 5) is 26.7. The van der Waals surface area contributed by atoms with Gasteiger partial charge in [-0.3, -0.25) is 24.3 Å². The molecule has 0 aliphatic carbocycles. The summed E-state index contributed by atoms with van der Waals surface area (Å²) in [5, 5.41) is 19.3. The molecule has 3 aromatic rings. The molecule has 0 saturated carbocycles. The van der Waals surface area contributed by atoms with Gasteiger partial charge in [0.2, 0.25) is 5.69 Å². The van der Waals surface area contributed by atoms with Crippen molar-refractivity contribution in [1.29, 1.82) is 0 Å². The Kier molecular flexibility index (Phi) is 5.37. The first-order valence-corrected chi connectivity index (χ1v) is 10.2. The molecule has 0 fully saturated rings. The van der Waals surface area contributed by atoms with Crippen LogP contribution >= 0.6 is 11.3 Å². The zero-order chi connectivity index (χ0) is 20.3. The Hall–Kier alpha value is -3.32. The third kappa shape index (κ3) is 3.99. The number of nitrogens with zero attached hydrogens (tertiary/aromatic N) is 4. The second kappa shape index (κ2) is 7.74. The number of anilines is 2. The van der Waals surface area contributed by atoms with Crippen LogP contribution in [0.1, 0.15) is 17.4 Å². The summed E-state index contributed by atoms with van der Waals surface area (Å²) in [7, 11) is -3.82. The standard InChI is InChI=1S/C15H14N6O5S2/c1-2-20-13(12(9-17-20)21(23)24)14(22)18-10-3-5-11(6-4-10)28(25,26)19-15-16-7-8-27-15/h3-9H,2H2,1H3,(H,16,19)(H,18,22). The van der Waals surface area contributed by atoms with Crippen LogP contribution in [0.2, 0.25) is 0 Å². The number of nitro groups is 1. The van der Waals surface area contributed by atoms with E-state index in [0.29, 0.717) is 0 Å². The normalized spacial score (nSPS) is 11.2. The Morgan fingerprint density at radius 1 is 1.32 bits per heavy atom. The van der Waals surface area contributed by atoms with Crippen LogP contribution in [0.3, 0.4) is 0 Å². The minimum atomic E-state index is -3.82. The van der Waals surface area contributed by atoms with Crippen molar-refractivity contribution in [2.75, 3.05) is 10.0 Å². The number of hydrogen-bond donors (Lipinski definition) is 2. The molecular formula is C15H14N6O5S2. The van der Waals surface area contributed by atoms with Gasteiger partial charge in [-0.2, -0.15) is 5.10 Å². The molecule has 13 heteroatoms. The zero-order valence-corrected chi connectivity index (χ0v) is 16.0. The first-order valence-electron chi connectivity index (χ1n) is 7.85. The van der Waals surface area contributed by atoms with E-state index in [-0.39, 0.29) is 28.0 Å². The van der Waals surface area contributed by atoms with Gasteiger partial charge in [0.05, 0.1) is 9.82 Å². The fraction of sp³-hybridized carbons (Fsp3) is 0.133. The van der Waals surface area contributed by atoms with E-state index in [0.717, 1.165) is 17.5 Å². The van der Waals surface area contributed by atoms with E-state index < -0.39 is 26.5 Å². The van der Waals surface area contributed by atoms with Crippen LogP contribution in [0.4, 0.5) is 16.5 Å². The molecule has 0 unspecified atom stereocenters. The molecular weight excluding hydrogens is 408 g/mol. The minimum absolute atomic E-state index is 0.0229. The first kappa shape index (κ1) is 19.4. The van der Waals surface area contributed by atoms with E-state index in [4.69, 9.17) is 0 Å². The van der Waals surface area contributed by atoms with Crippen LogP contribution in [0.25, 0.3) is 0 Å². The van der Waals surface area contributed by atoms with Crippen molar-refractivity contribution in [2.24, 2.45) is 0 Å². The molecule has 0 bridgehead atoms. The highest BCUT2D eigenvalue weighted by Gasteiger charge is 2.26. The molecule has 0 radical (unpaired) electrons. The van der Waals surface area contributed by atoms with Gasteiger partial charge in [-0.1, -0.05) is 0 Å². The summed E-state index contributed by atoms with van der Waals surface area (Å²) in [5.41, 5.74) is -0.322. The van der Waals surface area contributed by atoms with Crippen molar-refractivity contribution in [1.82, 2.24) is 14.8 Å². The molecule has 28 heavy (non-hydrogen) atoms. The predicted octanol–water partition coefficient (Wildman–Crippen LogP) is 2.32. The number of hydrogen-bond acceptors (Lipinski definition) is 8. The highest BCUT2D eigenvalue weighted by molar-refractivity contribution is 7.93. The molecule has 0 aliphatic heterocycles. The van der Waals surface area contributed by atoms with Crippen molar-refractivity contribution in [2.45, 2.75) is 18.4 Å². The average Bonchev–Trinajstić information content (AvgIpc) is 3.30. The SMILES string of the molecule is CCn1ncc([N+](=O)[O-])c1C(=O)Nc1ccc(S(=O)(=O)Nc2nccs2)cc1. The molecule has 0 spiro atoms. The number of carbonyl (C=O) groups is 1. The summed E-state index contributed by atoms with van der Waals surface area (Å²) < 4.78 is 28.2. The van der Waals surface area contributed by atoms with Crippen LogP contribution < -0.4 is 10.0 Å². The summed E-state index contributed by atoms with van der Waals surface area (Å²) in [6.45, 7) is 1.97. The molecule has 3 rings (SSSR count). The molecule has 0 saturated heterocycles. The maximum Gasteiger partial charge on any atom is 0.320 e. The molecule has 1 amide bonds. The third-order valence-electron chi connectivity index (χ3n) is 3.61. The van der Waals surface area contributed by atoms with Crippen LogP contribution in [-0.2, 0) is 16.6 Å². The topological polar surface area (TPSA) is 149 Å². The van der Waals surface area contributed by atoms with Crippen LogP contribution in [0.15, 0.2) is 46.9 Å².